The summed E-state index contributed by atoms with van der Waals surface area (Å²) in [6.07, 6.45) is 1.04. The molecule has 2 aromatic rings. The summed E-state index contributed by atoms with van der Waals surface area (Å²) in [6, 6.07) is 10.8. The lowest BCUT2D eigenvalue weighted by Gasteiger charge is -2.17. The van der Waals surface area contributed by atoms with Gasteiger partial charge >= 0.3 is 5.63 Å². The van der Waals surface area contributed by atoms with Gasteiger partial charge in [0.15, 0.2) is 0 Å². The highest BCUT2D eigenvalue weighted by Gasteiger charge is 2.27. The van der Waals surface area contributed by atoms with Crippen LogP contribution in [-0.2, 0) is 11.2 Å². The lowest BCUT2D eigenvalue weighted by atomic mass is 10.1. The maximum Gasteiger partial charge on any atom is 0.339 e. The smallest absolute Gasteiger partial charge is 0.339 e. The fourth-order valence-corrected chi connectivity index (χ4v) is 3.04. The van der Waals surface area contributed by atoms with E-state index in [1.165, 1.54) is 6.07 Å². The number of halogens is 1. The molecular weight excluding hydrogens is 374 g/mol. The number of carbonyl (C=O) groups is 1. The summed E-state index contributed by atoms with van der Waals surface area (Å²) in [6.45, 7) is 2.91. The molecule has 1 unspecified atom stereocenters. The summed E-state index contributed by atoms with van der Waals surface area (Å²) in [5, 5.41) is 0. The summed E-state index contributed by atoms with van der Waals surface area (Å²) >= 11 is 3.39. The first-order valence-corrected chi connectivity index (χ1v) is 8.59. The molecule has 2 heterocycles. The van der Waals surface area contributed by atoms with Gasteiger partial charge in [-0.3, -0.25) is 4.79 Å². The average Bonchev–Trinajstić information content (AvgIpc) is 2.97. The number of nitrogens with zero attached hydrogens (tertiary/aromatic N) is 1. The number of likely N-dealkylation sites (tertiary alicyclic amines) is 1. The molecule has 126 valence electrons. The largest absolute Gasteiger partial charge is 0.488 e. The molecule has 1 atom stereocenters. The Balaban J connectivity index is 1.57. The Labute approximate surface area is 148 Å². The first kappa shape index (κ1) is 16.8. The van der Waals surface area contributed by atoms with Crippen molar-refractivity contribution < 1.29 is 13.9 Å². The molecule has 0 aliphatic carbocycles. The molecule has 1 fully saturated rings. The van der Waals surface area contributed by atoms with Gasteiger partial charge < -0.3 is 14.1 Å². The van der Waals surface area contributed by atoms with E-state index in [-0.39, 0.29) is 12.0 Å². The second kappa shape index (κ2) is 7.21. The molecule has 1 aliphatic heterocycles. The summed E-state index contributed by atoms with van der Waals surface area (Å²) in [5.74, 6) is 1.10. The zero-order chi connectivity index (χ0) is 17.1. The van der Waals surface area contributed by atoms with Crippen molar-refractivity contribution in [3.05, 3.63) is 62.6 Å². The van der Waals surface area contributed by atoms with E-state index >= 15 is 0 Å². The van der Waals surface area contributed by atoms with Crippen molar-refractivity contribution in [3.63, 3.8) is 0 Å². The zero-order valence-corrected chi connectivity index (χ0v) is 14.9. The third kappa shape index (κ3) is 4.26. The van der Waals surface area contributed by atoms with Crippen molar-refractivity contribution in [1.82, 2.24) is 4.90 Å². The monoisotopic (exact) mass is 391 g/mol. The minimum atomic E-state index is -0.425. The highest BCUT2D eigenvalue weighted by atomic mass is 79.9. The van der Waals surface area contributed by atoms with Crippen LogP contribution in [0, 0.1) is 6.92 Å². The van der Waals surface area contributed by atoms with E-state index in [4.69, 9.17) is 9.15 Å². The highest BCUT2D eigenvalue weighted by molar-refractivity contribution is 9.10. The summed E-state index contributed by atoms with van der Waals surface area (Å²) in [4.78, 5) is 25.6. The van der Waals surface area contributed by atoms with Crippen LogP contribution in [0.5, 0.6) is 5.75 Å². The van der Waals surface area contributed by atoms with Gasteiger partial charge in [-0.25, -0.2) is 4.79 Å². The lowest BCUT2D eigenvalue weighted by Crippen LogP contribution is -2.32. The fraction of sp³-hybridized carbons (Fsp3) is 0.333. The van der Waals surface area contributed by atoms with Crippen LogP contribution in [0.25, 0.3) is 0 Å². The minimum absolute atomic E-state index is 0.0900. The van der Waals surface area contributed by atoms with Crippen LogP contribution in [0.2, 0.25) is 0 Å². The van der Waals surface area contributed by atoms with Crippen LogP contribution in [0.1, 0.15) is 17.7 Å². The topological polar surface area (TPSA) is 59.8 Å². The molecule has 6 heteroatoms. The van der Waals surface area contributed by atoms with Crippen molar-refractivity contribution in [2.45, 2.75) is 25.9 Å². The van der Waals surface area contributed by atoms with Gasteiger partial charge in [0.1, 0.15) is 17.6 Å². The standard InChI is InChI=1S/C18H18BrNO4/c1-12-8-16(10-18(22)23-12)24-15-6-7-20(11-15)17(21)9-13-2-4-14(19)5-3-13/h2-5,8,10,15H,6-7,9,11H2,1H3. The van der Waals surface area contributed by atoms with Crippen LogP contribution >= 0.6 is 15.9 Å². The van der Waals surface area contributed by atoms with Crippen molar-refractivity contribution in [1.29, 1.82) is 0 Å². The van der Waals surface area contributed by atoms with Crippen LogP contribution in [0.3, 0.4) is 0 Å². The number of hydrogen-bond acceptors (Lipinski definition) is 4. The van der Waals surface area contributed by atoms with E-state index in [0.29, 0.717) is 31.0 Å². The average molecular weight is 392 g/mol. The van der Waals surface area contributed by atoms with Crippen molar-refractivity contribution in [2.75, 3.05) is 13.1 Å². The van der Waals surface area contributed by atoms with Crippen LogP contribution in [0.15, 0.2) is 50.1 Å². The SMILES string of the molecule is Cc1cc(OC2CCN(C(=O)Cc3ccc(Br)cc3)C2)cc(=O)o1. The van der Waals surface area contributed by atoms with E-state index in [0.717, 1.165) is 16.5 Å². The van der Waals surface area contributed by atoms with Crippen molar-refractivity contribution in [2.24, 2.45) is 0 Å². The number of hydrogen-bond donors (Lipinski definition) is 0. The molecule has 0 spiro atoms. The van der Waals surface area contributed by atoms with E-state index in [1.54, 1.807) is 13.0 Å². The number of rotatable bonds is 4. The van der Waals surface area contributed by atoms with Gasteiger partial charge in [-0.15, -0.1) is 0 Å². The molecule has 1 aliphatic rings. The Morgan fingerprint density at radius 3 is 2.79 bits per heavy atom. The third-order valence-electron chi connectivity index (χ3n) is 3.94. The van der Waals surface area contributed by atoms with Crippen LogP contribution in [-0.4, -0.2) is 30.0 Å². The zero-order valence-electron chi connectivity index (χ0n) is 13.3. The first-order valence-electron chi connectivity index (χ1n) is 7.80. The molecule has 0 saturated carbocycles. The van der Waals surface area contributed by atoms with Gasteiger partial charge in [0.25, 0.3) is 0 Å². The second-order valence-electron chi connectivity index (χ2n) is 5.89. The molecule has 24 heavy (non-hydrogen) atoms. The van der Waals surface area contributed by atoms with E-state index in [2.05, 4.69) is 15.9 Å². The molecule has 1 aromatic carbocycles. The van der Waals surface area contributed by atoms with Crippen LogP contribution < -0.4 is 10.4 Å². The third-order valence-corrected chi connectivity index (χ3v) is 4.46. The number of amides is 1. The van der Waals surface area contributed by atoms with Gasteiger partial charge in [-0.1, -0.05) is 28.1 Å². The molecule has 3 rings (SSSR count). The minimum Gasteiger partial charge on any atom is -0.488 e. The fourth-order valence-electron chi connectivity index (χ4n) is 2.78. The Morgan fingerprint density at radius 1 is 1.33 bits per heavy atom. The molecular formula is C18H18BrNO4. The molecule has 0 N–H and O–H groups in total. The second-order valence-corrected chi connectivity index (χ2v) is 6.81. The Morgan fingerprint density at radius 2 is 2.08 bits per heavy atom. The first-order chi connectivity index (χ1) is 11.5. The number of ether oxygens (including phenoxy) is 1. The predicted octanol–water partition coefficient (Wildman–Crippen LogP) is 2.93. The maximum absolute atomic E-state index is 12.4. The Bertz CT molecular complexity index is 784. The maximum atomic E-state index is 12.4. The number of aryl methyl sites for hydroxylation is 1. The quantitative estimate of drug-likeness (QED) is 0.803. The number of benzene rings is 1. The molecule has 1 amide bonds. The summed E-state index contributed by atoms with van der Waals surface area (Å²) in [7, 11) is 0. The molecule has 1 aromatic heterocycles. The van der Waals surface area contributed by atoms with E-state index < -0.39 is 5.63 Å². The molecule has 5 nitrogen and oxygen atoms in total. The van der Waals surface area contributed by atoms with Gasteiger partial charge in [0, 0.05) is 23.5 Å². The predicted molar refractivity (Wildman–Crippen MR) is 93.2 cm³/mol. The van der Waals surface area contributed by atoms with E-state index in [1.807, 2.05) is 29.2 Å². The Kier molecular flexibility index (Phi) is 5.04. The number of carbonyl (C=O) groups excluding carboxylic acids is 1. The normalized spacial score (nSPS) is 17.1. The molecule has 0 radical (unpaired) electrons. The summed E-state index contributed by atoms with van der Waals surface area (Å²) < 4.78 is 11.7. The van der Waals surface area contributed by atoms with Gasteiger partial charge in [0.2, 0.25) is 5.91 Å². The van der Waals surface area contributed by atoms with Gasteiger partial charge in [-0.05, 0) is 24.6 Å². The van der Waals surface area contributed by atoms with Gasteiger partial charge in [0.05, 0.1) is 19.0 Å². The highest BCUT2D eigenvalue weighted by Crippen LogP contribution is 2.19. The summed E-state index contributed by atoms with van der Waals surface area (Å²) in [5.41, 5.74) is 0.565. The lowest BCUT2D eigenvalue weighted by molar-refractivity contribution is -0.129. The van der Waals surface area contributed by atoms with E-state index in [9.17, 15) is 9.59 Å². The Hall–Kier alpha value is -2.08. The van der Waals surface area contributed by atoms with Crippen molar-refractivity contribution in [3.8, 4) is 5.75 Å². The van der Waals surface area contributed by atoms with Crippen LogP contribution in [0.4, 0.5) is 0 Å². The molecule has 1 saturated heterocycles. The van der Waals surface area contributed by atoms with Crippen molar-refractivity contribution >= 4 is 21.8 Å². The van der Waals surface area contributed by atoms with Gasteiger partial charge in [-0.2, -0.15) is 0 Å². The molecule has 0 bridgehead atoms.